The van der Waals surface area contributed by atoms with Crippen molar-refractivity contribution >= 4 is 17.2 Å². The molecule has 2 rings (SSSR count). The summed E-state index contributed by atoms with van der Waals surface area (Å²) in [6.07, 6.45) is 5.19. The van der Waals surface area contributed by atoms with Gasteiger partial charge in [-0.1, -0.05) is 25.1 Å². The topological polar surface area (TPSA) is 44.5 Å². The molecule has 0 aromatic heterocycles. The van der Waals surface area contributed by atoms with E-state index in [0.717, 1.165) is 23.7 Å². The molecule has 1 aromatic carbocycles. The molecule has 1 saturated carbocycles. The van der Waals surface area contributed by atoms with E-state index < -0.39 is 0 Å². The van der Waals surface area contributed by atoms with Crippen molar-refractivity contribution in [2.24, 2.45) is 11.7 Å². The van der Waals surface area contributed by atoms with Gasteiger partial charge < -0.3 is 15.2 Å². The van der Waals surface area contributed by atoms with E-state index in [1.807, 2.05) is 18.2 Å². The van der Waals surface area contributed by atoms with Gasteiger partial charge in [0.25, 0.3) is 0 Å². The largest absolute Gasteiger partial charge is 0.497 e. The van der Waals surface area contributed by atoms with Crippen LogP contribution in [-0.2, 0) is 0 Å². The molecule has 4 heteroatoms. The maximum Gasteiger partial charge on any atom is 0.123 e. The number of methoxy groups -OCH3 is 1. The maximum absolute atomic E-state index is 5.83. The van der Waals surface area contributed by atoms with Crippen LogP contribution in [0.4, 0.5) is 0 Å². The molecule has 1 fully saturated rings. The van der Waals surface area contributed by atoms with Gasteiger partial charge in [0.15, 0.2) is 0 Å². The van der Waals surface area contributed by atoms with E-state index in [-0.39, 0.29) is 0 Å². The van der Waals surface area contributed by atoms with Gasteiger partial charge in [0.2, 0.25) is 0 Å². The summed E-state index contributed by atoms with van der Waals surface area (Å²) in [6, 6.07) is 5.57. The lowest BCUT2D eigenvalue weighted by Crippen LogP contribution is -2.11. The van der Waals surface area contributed by atoms with Gasteiger partial charge in [0.1, 0.15) is 16.5 Å². The second-order valence-electron chi connectivity index (χ2n) is 4.72. The van der Waals surface area contributed by atoms with Crippen LogP contribution in [0.5, 0.6) is 11.5 Å². The van der Waals surface area contributed by atoms with Crippen LogP contribution in [0.15, 0.2) is 18.2 Å². The first-order valence-corrected chi connectivity index (χ1v) is 6.71. The Kier molecular flexibility index (Phi) is 4.42. The third-order valence-corrected chi connectivity index (χ3v) is 3.60. The number of hydrogen-bond acceptors (Lipinski definition) is 3. The van der Waals surface area contributed by atoms with Crippen LogP contribution >= 0.6 is 12.2 Å². The van der Waals surface area contributed by atoms with Gasteiger partial charge in [-0.2, -0.15) is 0 Å². The van der Waals surface area contributed by atoms with Crippen molar-refractivity contribution in [1.82, 2.24) is 0 Å². The number of rotatable bonds is 5. The molecule has 2 N–H and O–H groups in total. The lowest BCUT2D eigenvalue weighted by Gasteiger charge is -2.13. The Labute approximate surface area is 113 Å². The summed E-state index contributed by atoms with van der Waals surface area (Å²) in [4.78, 5) is 0.361. The van der Waals surface area contributed by atoms with Crippen molar-refractivity contribution < 1.29 is 9.47 Å². The third-order valence-electron chi connectivity index (χ3n) is 3.36. The van der Waals surface area contributed by atoms with E-state index in [2.05, 4.69) is 0 Å². The van der Waals surface area contributed by atoms with Gasteiger partial charge in [-0.15, -0.1) is 0 Å². The van der Waals surface area contributed by atoms with Gasteiger partial charge in [0.05, 0.1) is 13.7 Å². The normalized spacial score (nSPS) is 15.6. The van der Waals surface area contributed by atoms with Gasteiger partial charge >= 0.3 is 0 Å². The lowest BCUT2D eigenvalue weighted by molar-refractivity contribution is 0.251. The summed E-state index contributed by atoms with van der Waals surface area (Å²) < 4.78 is 11.1. The lowest BCUT2D eigenvalue weighted by atomic mass is 10.1. The Balaban J connectivity index is 2.05. The second kappa shape index (κ2) is 6.05. The van der Waals surface area contributed by atoms with Crippen LogP contribution in [0.2, 0.25) is 0 Å². The minimum Gasteiger partial charge on any atom is -0.497 e. The molecule has 0 heterocycles. The number of thiocarbonyl (C=S) groups is 1. The predicted molar refractivity (Wildman–Crippen MR) is 76.3 cm³/mol. The Morgan fingerprint density at radius 3 is 2.56 bits per heavy atom. The van der Waals surface area contributed by atoms with Crippen molar-refractivity contribution in [2.45, 2.75) is 25.7 Å². The Bertz CT molecular complexity index is 428. The summed E-state index contributed by atoms with van der Waals surface area (Å²) in [5, 5.41) is 0. The van der Waals surface area contributed by atoms with Crippen LogP contribution in [0, 0.1) is 5.92 Å². The first-order valence-electron chi connectivity index (χ1n) is 6.30. The van der Waals surface area contributed by atoms with Crippen LogP contribution in [0.3, 0.4) is 0 Å². The van der Waals surface area contributed by atoms with Gasteiger partial charge in [-0.3, -0.25) is 0 Å². The van der Waals surface area contributed by atoms with E-state index in [1.165, 1.54) is 25.7 Å². The molecule has 0 spiro atoms. The summed E-state index contributed by atoms with van der Waals surface area (Å²) in [5.41, 5.74) is 6.43. The van der Waals surface area contributed by atoms with Crippen LogP contribution in [0.25, 0.3) is 0 Å². The minimum absolute atomic E-state index is 0.361. The van der Waals surface area contributed by atoms with Crippen molar-refractivity contribution in [3.8, 4) is 11.5 Å². The number of benzene rings is 1. The fraction of sp³-hybridized carbons (Fsp3) is 0.500. The van der Waals surface area contributed by atoms with E-state index in [0.29, 0.717) is 10.9 Å². The first-order chi connectivity index (χ1) is 8.69. The zero-order valence-corrected chi connectivity index (χ0v) is 11.5. The standard InChI is InChI=1S/C14H19NO2S/c1-16-12-6-11(14(15)18)7-13(8-12)17-9-10-4-2-3-5-10/h6-8,10H,2-5,9H2,1H3,(H2,15,18). The number of hydrogen-bond donors (Lipinski definition) is 1. The average Bonchev–Trinajstić information content (AvgIpc) is 2.89. The molecular formula is C14H19NO2S. The highest BCUT2D eigenvalue weighted by Crippen LogP contribution is 2.27. The molecule has 3 nitrogen and oxygen atoms in total. The molecule has 98 valence electrons. The summed E-state index contributed by atoms with van der Waals surface area (Å²) in [5.74, 6) is 2.19. The Morgan fingerprint density at radius 2 is 1.94 bits per heavy atom. The monoisotopic (exact) mass is 265 g/mol. The Morgan fingerprint density at radius 1 is 1.28 bits per heavy atom. The van der Waals surface area contributed by atoms with E-state index in [4.69, 9.17) is 27.4 Å². The van der Waals surface area contributed by atoms with E-state index in [9.17, 15) is 0 Å². The predicted octanol–water partition coefficient (Wildman–Crippen LogP) is 2.90. The second-order valence-corrected chi connectivity index (χ2v) is 5.16. The molecule has 0 atom stereocenters. The van der Waals surface area contributed by atoms with Crippen LogP contribution < -0.4 is 15.2 Å². The fourth-order valence-corrected chi connectivity index (χ4v) is 2.42. The highest BCUT2D eigenvalue weighted by atomic mass is 32.1. The fourth-order valence-electron chi connectivity index (χ4n) is 2.31. The van der Waals surface area contributed by atoms with Gasteiger partial charge in [0, 0.05) is 11.6 Å². The molecule has 0 unspecified atom stereocenters. The maximum atomic E-state index is 5.83. The summed E-state index contributed by atoms with van der Waals surface area (Å²) in [6.45, 7) is 0.768. The zero-order valence-electron chi connectivity index (χ0n) is 10.6. The van der Waals surface area contributed by atoms with Crippen LogP contribution in [0.1, 0.15) is 31.2 Å². The van der Waals surface area contributed by atoms with Crippen LogP contribution in [-0.4, -0.2) is 18.7 Å². The van der Waals surface area contributed by atoms with Crippen molar-refractivity contribution in [1.29, 1.82) is 0 Å². The van der Waals surface area contributed by atoms with Crippen molar-refractivity contribution in [3.05, 3.63) is 23.8 Å². The molecule has 0 bridgehead atoms. The molecule has 1 aromatic rings. The van der Waals surface area contributed by atoms with Gasteiger partial charge in [-0.25, -0.2) is 0 Å². The number of ether oxygens (including phenoxy) is 2. The number of nitrogens with two attached hydrogens (primary N) is 1. The van der Waals surface area contributed by atoms with E-state index in [1.54, 1.807) is 7.11 Å². The molecule has 0 radical (unpaired) electrons. The molecule has 0 aliphatic heterocycles. The average molecular weight is 265 g/mol. The smallest absolute Gasteiger partial charge is 0.123 e. The molecule has 0 amide bonds. The summed E-state index contributed by atoms with van der Waals surface area (Å²) in [7, 11) is 1.62. The first kappa shape index (κ1) is 13.1. The van der Waals surface area contributed by atoms with Gasteiger partial charge in [-0.05, 0) is 30.9 Å². The molecular weight excluding hydrogens is 246 g/mol. The minimum atomic E-state index is 0.361. The highest BCUT2D eigenvalue weighted by molar-refractivity contribution is 7.80. The quantitative estimate of drug-likeness (QED) is 0.831. The summed E-state index contributed by atoms with van der Waals surface area (Å²) >= 11 is 4.99. The van der Waals surface area contributed by atoms with Crippen molar-refractivity contribution in [3.63, 3.8) is 0 Å². The molecule has 1 aliphatic rings. The SMILES string of the molecule is COc1cc(OCC2CCCC2)cc(C(N)=S)c1. The zero-order chi connectivity index (χ0) is 13.0. The molecule has 18 heavy (non-hydrogen) atoms. The highest BCUT2D eigenvalue weighted by Gasteiger charge is 2.15. The van der Waals surface area contributed by atoms with E-state index >= 15 is 0 Å². The molecule has 0 saturated heterocycles. The van der Waals surface area contributed by atoms with Crippen molar-refractivity contribution in [2.75, 3.05) is 13.7 Å². The molecule has 1 aliphatic carbocycles. The third kappa shape index (κ3) is 3.35. The Hall–Kier alpha value is -1.29.